The fraction of sp³-hybridized carbons (Fsp3) is 0.452. The molecule has 8 heteroatoms. The summed E-state index contributed by atoms with van der Waals surface area (Å²) >= 11 is 0. The molecule has 0 spiro atoms. The zero-order valence-electron chi connectivity index (χ0n) is 23.6. The van der Waals surface area contributed by atoms with Gasteiger partial charge < -0.3 is 24.8 Å². The second-order valence-corrected chi connectivity index (χ2v) is 9.83. The predicted octanol–water partition coefficient (Wildman–Crippen LogP) is 6.64. The van der Waals surface area contributed by atoms with Crippen molar-refractivity contribution in [2.75, 3.05) is 12.4 Å². The Morgan fingerprint density at radius 2 is 1.90 bits per heavy atom. The van der Waals surface area contributed by atoms with Crippen LogP contribution in [0.2, 0.25) is 0 Å². The molecule has 0 saturated heterocycles. The van der Waals surface area contributed by atoms with Crippen molar-refractivity contribution in [3.05, 3.63) is 64.2 Å². The Kier molecular flexibility index (Phi) is 11.0. The average molecular weight is 537 g/mol. The summed E-state index contributed by atoms with van der Waals surface area (Å²) in [6.07, 6.45) is 6.89. The van der Waals surface area contributed by atoms with Crippen LogP contribution >= 0.6 is 0 Å². The molecule has 1 aliphatic rings. The zero-order chi connectivity index (χ0) is 28.4. The number of rotatable bonds is 13. The summed E-state index contributed by atoms with van der Waals surface area (Å²) in [4.78, 5) is 38.1. The number of methoxy groups -OCH3 is 1. The number of hydrogen-bond donors (Lipinski definition) is 2. The lowest BCUT2D eigenvalue weighted by Crippen LogP contribution is -2.38. The van der Waals surface area contributed by atoms with Crippen LogP contribution in [0.25, 0.3) is 0 Å². The quantitative estimate of drug-likeness (QED) is 0.169. The number of cyclic esters (lactones) is 1. The molecule has 1 unspecified atom stereocenters. The summed E-state index contributed by atoms with van der Waals surface area (Å²) in [6, 6.07) is 8.65. The first-order valence-electron chi connectivity index (χ1n) is 13.7. The Labute approximate surface area is 231 Å². The van der Waals surface area contributed by atoms with Crippen LogP contribution < -0.4 is 20.1 Å². The molecule has 0 aromatic heterocycles. The number of urea groups is 1. The molecule has 0 saturated carbocycles. The number of amides is 2. The van der Waals surface area contributed by atoms with Gasteiger partial charge in [0.1, 0.15) is 18.1 Å². The fourth-order valence-electron chi connectivity index (χ4n) is 4.70. The third kappa shape index (κ3) is 7.85. The topological polar surface area (TPSA) is 103 Å². The van der Waals surface area contributed by atoms with Gasteiger partial charge in [0.05, 0.1) is 18.4 Å². The van der Waals surface area contributed by atoms with Crippen LogP contribution in [0.15, 0.2) is 42.0 Å². The van der Waals surface area contributed by atoms with Gasteiger partial charge in [0.15, 0.2) is 0 Å². The number of allylic oxidation sites excluding steroid dienone is 2. The highest BCUT2D eigenvalue weighted by Crippen LogP contribution is 2.41. The average Bonchev–Trinajstić information content (AvgIpc) is 3.32. The number of fused-ring (bicyclic) bond motifs is 1. The molecule has 8 nitrogen and oxygen atoms in total. The van der Waals surface area contributed by atoms with Crippen molar-refractivity contribution < 1.29 is 28.6 Å². The standard InChI is InChI=1S/C31H40N2O6/c1-6-8-12-22(7-2)32-31(36)33-28-24(29(37-5)21(4)25-19-38-30(35)27(25)28)17-15-20(3)16-18-26(34)39-23-13-10-9-11-14-23/h9-11,13-15,22H,6-8,12,16-19H2,1-5H3,(H2,32,33,36)/b20-15+. The molecular formula is C31H40N2O6. The molecule has 3 rings (SSSR count). The minimum absolute atomic E-state index is 0.0403. The van der Waals surface area contributed by atoms with E-state index in [0.717, 1.165) is 42.4 Å². The summed E-state index contributed by atoms with van der Waals surface area (Å²) in [7, 11) is 1.58. The first kappa shape index (κ1) is 29.7. The van der Waals surface area contributed by atoms with Crippen molar-refractivity contribution in [1.82, 2.24) is 5.32 Å². The largest absolute Gasteiger partial charge is 0.496 e. The van der Waals surface area contributed by atoms with Gasteiger partial charge in [-0.3, -0.25) is 4.79 Å². The minimum atomic E-state index is -0.463. The molecular weight excluding hydrogens is 496 g/mol. The fourth-order valence-corrected chi connectivity index (χ4v) is 4.70. The zero-order valence-corrected chi connectivity index (χ0v) is 23.6. The van der Waals surface area contributed by atoms with E-state index in [0.29, 0.717) is 41.2 Å². The monoisotopic (exact) mass is 536 g/mol. The van der Waals surface area contributed by atoms with Crippen molar-refractivity contribution in [2.24, 2.45) is 0 Å². The van der Waals surface area contributed by atoms with E-state index >= 15 is 0 Å². The van der Waals surface area contributed by atoms with E-state index in [-0.39, 0.29) is 31.1 Å². The van der Waals surface area contributed by atoms with Gasteiger partial charge >= 0.3 is 18.0 Å². The van der Waals surface area contributed by atoms with Gasteiger partial charge in [-0.1, -0.05) is 56.5 Å². The Bertz CT molecular complexity index is 1210. The number of carbonyl (C=O) groups is 3. The van der Waals surface area contributed by atoms with Crippen LogP contribution in [-0.2, 0) is 22.6 Å². The molecule has 0 radical (unpaired) electrons. The number of ether oxygens (including phenoxy) is 3. The van der Waals surface area contributed by atoms with Crippen molar-refractivity contribution in [3.8, 4) is 11.5 Å². The third-order valence-electron chi connectivity index (χ3n) is 7.00. The van der Waals surface area contributed by atoms with E-state index < -0.39 is 5.97 Å². The Hall–Kier alpha value is -3.81. The van der Waals surface area contributed by atoms with Gasteiger partial charge in [-0.2, -0.15) is 0 Å². The number of hydrogen-bond acceptors (Lipinski definition) is 6. The number of carbonyl (C=O) groups excluding carboxylic acids is 3. The highest BCUT2D eigenvalue weighted by atomic mass is 16.5. The van der Waals surface area contributed by atoms with Gasteiger partial charge in [-0.05, 0) is 57.2 Å². The van der Waals surface area contributed by atoms with Crippen molar-refractivity contribution in [2.45, 2.75) is 85.3 Å². The summed E-state index contributed by atoms with van der Waals surface area (Å²) in [5.41, 5.74) is 3.98. The molecule has 0 aliphatic carbocycles. The molecule has 2 N–H and O–H groups in total. The number of esters is 2. The first-order valence-corrected chi connectivity index (χ1v) is 13.7. The van der Waals surface area contributed by atoms with Crippen LogP contribution in [0.4, 0.5) is 10.5 Å². The lowest BCUT2D eigenvalue weighted by atomic mass is 9.93. The maximum absolute atomic E-state index is 13.1. The Morgan fingerprint density at radius 3 is 2.56 bits per heavy atom. The lowest BCUT2D eigenvalue weighted by molar-refractivity contribution is -0.134. The third-order valence-corrected chi connectivity index (χ3v) is 7.00. The normalized spacial score (nSPS) is 13.4. The second kappa shape index (κ2) is 14.4. The van der Waals surface area contributed by atoms with Gasteiger partial charge in [0.2, 0.25) is 0 Å². The van der Waals surface area contributed by atoms with E-state index in [1.54, 1.807) is 19.2 Å². The SMILES string of the molecule is CCCCC(CC)NC(=O)Nc1c(C/C=C(\C)CCC(=O)Oc2ccccc2)c(OC)c(C)c2c1C(=O)OC2. The molecule has 210 valence electrons. The summed E-state index contributed by atoms with van der Waals surface area (Å²) < 4.78 is 16.5. The van der Waals surface area contributed by atoms with Crippen LogP contribution in [0.5, 0.6) is 11.5 Å². The smallest absolute Gasteiger partial charge is 0.341 e. The Balaban J connectivity index is 1.82. The van der Waals surface area contributed by atoms with Gasteiger partial charge in [-0.15, -0.1) is 0 Å². The van der Waals surface area contributed by atoms with Crippen molar-refractivity contribution in [1.29, 1.82) is 0 Å². The molecule has 0 fully saturated rings. The predicted molar refractivity (Wildman–Crippen MR) is 151 cm³/mol. The van der Waals surface area contributed by atoms with Gasteiger partial charge in [-0.25, -0.2) is 9.59 Å². The molecule has 1 aliphatic heterocycles. The maximum atomic E-state index is 13.1. The van der Waals surface area contributed by atoms with E-state index in [1.807, 2.05) is 45.0 Å². The molecule has 1 atom stereocenters. The molecule has 1 heterocycles. The molecule has 2 aromatic carbocycles. The van der Waals surface area contributed by atoms with Crippen LogP contribution in [0.1, 0.15) is 86.3 Å². The highest BCUT2D eigenvalue weighted by molar-refractivity contribution is 6.05. The summed E-state index contributed by atoms with van der Waals surface area (Å²) in [5.74, 6) is 0.348. The molecule has 0 bridgehead atoms. The van der Waals surface area contributed by atoms with E-state index in [1.165, 1.54) is 0 Å². The summed E-state index contributed by atoms with van der Waals surface area (Å²) in [5, 5.41) is 5.99. The first-order chi connectivity index (χ1) is 18.8. The summed E-state index contributed by atoms with van der Waals surface area (Å²) in [6.45, 7) is 8.13. The van der Waals surface area contributed by atoms with Crippen LogP contribution in [0.3, 0.4) is 0 Å². The second-order valence-electron chi connectivity index (χ2n) is 9.83. The Morgan fingerprint density at radius 1 is 1.15 bits per heavy atom. The highest BCUT2D eigenvalue weighted by Gasteiger charge is 2.33. The number of anilines is 1. The molecule has 2 aromatic rings. The number of para-hydroxylation sites is 1. The minimum Gasteiger partial charge on any atom is -0.496 e. The number of benzene rings is 2. The van der Waals surface area contributed by atoms with Crippen LogP contribution in [0, 0.1) is 6.92 Å². The lowest BCUT2D eigenvalue weighted by Gasteiger charge is -2.22. The number of nitrogens with one attached hydrogen (secondary N) is 2. The van der Waals surface area contributed by atoms with Crippen molar-refractivity contribution >= 4 is 23.7 Å². The molecule has 2 amide bonds. The van der Waals surface area contributed by atoms with Crippen molar-refractivity contribution in [3.63, 3.8) is 0 Å². The molecule has 39 heavy (non-hydrogen) atoms. The van der Waals surface area contributed by atoms with E-state index in [4.69, 9.17) is 14.2 Å². The van der Waals surface area contributed by atoms with E-state index in [9.17, 15) is 14.4 Å². The van der Waals surface area contributed by atoms with Gasteiger partial charge in [0, 0.05) is 23.6 Å². The van der Waals surface area contributed by atoms with Gasteiger partial charge in [0.25, 0.3) is 0 Å². The maximum Gasteiger partial charge on any atom is 0.341 e. The number of unbranched alkanes of at least 4 members (excludes halogenated alkanes) is 1. The van der Waals surface area contributed by atoms with E-state index in [2.05, 4.69) is 17.6 Å². The van der Waals surface area contributed by atoms with Crippen LogP contribution in [-0.4, -0.2) is 31.1 Å².